The quantitative estimate of drug-likeness (QED) is 0.568. The molecule has 0 spiro atoms. The van der Waals surface area contributed by atoms with Crippen LogP contribution in [0, 0.1) is 6.92 Å². The first kappa shape index (κ1) is 23.0. The molecule has 0 aliphatic carbocycles. The van der Waals surface area contributed by atoms with Crippen molar-refractivity contribution in [2.75, 3.05) is 54.5 Å². The molecule has 1 saturated heterocycles. The Morgan fingerprint density at radius 1 is 1.29 bits per heavy atom. The van der Waals surface area contributed by atoms with Crippen LogP contribution in [-0.4, -0.2) is 61.8 Å². The molecule has 0 radical (unpaired) electrons. The van der Waals surface area contributed by atoms with Crippen molar-refractivity contribution in [1.29, 1.82) is 0 Å². The van der Waals surface area contributed by atoms with E-state index in [0.717, 1.165) is 32.4 Å². The van der Waals surface area contributed by atoms with E-state index >= 15 is 0 Å². The number of amides is 2. The van der Waals surface area contributed by atoms with Crippen molar-refractivity contribution in [2.24, 2.45) is 0 Å². The lowest BCUT2D eigenvalue weighted by Gasteiger charge is -2.24. The topological polar surface area (TPSA) is 81.7 Å². The van der Waals surface area contributed by atoms with Crippen molar-refractivity contribution in [3.05, 3.63) is 29.8 Å². The molecule has 8 nitrogen and oxygen atoms in total. The van der Waals surface area contributed by atoms with Crippen LogP contribution in [0.1, 0.15) is 38.2 Å². The number of carbonyl (C=O) groups is 2. The van der Waals surface area contributed by atoms with Crippen molar-refractivity contribution >= 4 is 39.1 Å². The number of rotatable bonds is 10. The molecule has 1 aliphatic heterocycles. The molecule has 1 fully saturated rings. The van der Waals surface area contributed by atoms with E-state index in [9.17, 15) is 9.59 Å². The second kappa shape index (κ2) is 11.1. The van der Waals surface area contributed by atoms with Crippen molar-refractivity contribution in [3.8, 4) is 0 Å². The summed E-state index contributed by atoms with van der Waals surface area (Å²) in [6.07, 6.45) is 3.35. The van der Waals surface area contributed by atoms with Crippen molar-refractivity contribution in [2.45, 2.75) is 39.5 Å². The summed E-state index contributed by atoms with van der Waals surface area (Å²) in [7, 11) is 1.82. The van der Waals surface area contributed by atoms with Crippen LogP contribution >= 0.6 is 11.3 Å². The van der Waals surface area contributed by atoms with Gasteiger partial charge >= 0.3 is 0 Å². The Morgan fingerprint density at radius 2 is 2.13 bits per heavy atom. The van der Waals surface area contributed by atoms with Gasteiger partial charge in [-0.2, -0.15) is 0 Å². The summed E-state index contributed by atoms with van der Waals surface area (Å²) in [5.74, 6) is 0.0491. The minimum Gasteiger partial charge on any atom is -0.372 e. The van der Waals surface area contributed by atoms with Crippen LogP contribution in [0.15, 0.2) is 24.3 Å². The van der Waals surface area contributed by atoms with E-state index < -0.39 is 0 Å². The van der Waals surface area contributed by atoms with Gasteiger partial charge in [0.15, 0.2) is 0 Å². The summed E-state index contributed by atoms with van der Waals surface area (Å²) >= 11 is 1.35. The number of likely N-dealkylation sites (N-methyl/N-ethyl adjacent to an activating group) is 1. The van der Waals surface area contributed by atoms with Crippen LogP contribution < -0.4 is 20.0 Å². The zero-order valence-corrected chi connectivity index (χ0v) is 19.5. The van der Waals surface area contributed by atoms with Crippen molar-refractivity contribution < 1.29 is 9.59 Å². The fraction of sp³-hybridized carbons (Fsp3) is 0.545. The minimum absolute atomic E-state index is 0.0492. The zero-order chi connectivity index (χ0) is 22.2. The monoisotopic (exact) mass is 444 g/mol. The van der Waals surface area contributed by atoms with E-state index in [1.807, 2.05) is 7.05 Å². The van der Waals surface area contributed by atoms with E-state index in [2.05, 4.69) is 58.5 Å². The average Bonchev–Trinajstić information content (AvgIpc) is 3.24. The number of benzene rings is 1. The maximum atomic E-state index is 12.3. The predicted molar refractivity (Wildman–Crippen MR) is 126 cm³/mol. The van der Waals surface area contributed by atoms with Gasteiger partial charge in [0, 0.05) is 45.3 Å². The molecular formula is C22H32N6O2S. The first-order valence-corrected chi connectivity index (χ1v) is 11.7. The number of hydrogen-bond acceptors (Lipinski definition) is 7. The third-order valence-corrected chi connectivity index (χ3v) is 6.40. The lowest BCUT2D eigenvalue weighted by molar-refractivity contribution is -0.120. The lowest BCUT2D eigenvalue weighted by atomic mass is 10.1. The number of aryl methyl sites for hydroxylation is 1. The third kappa shape index (κ3) is 6.40. The number of aromatic nitrogens is 2. The Balaban J connectivity index is 1.42. The molecule has 0 bridgehead atoms. The Labute approximate surface area is 188 Å². The van der Waals surface area contributed by atoms with Crippen LogP contribution in [0.4, 0.5) is 16.0 Å². The van der Waals surface area contributed by atoms with Crippen molar-refractivity contribution in [3.63, 3.8) is 0 Å². The van der Waals surface area contributed by atoms with Gasteiger partial charge in [-0.05, 0) is 50.8 Å². The van der Waals surface area contributed by atoms with Gasteiger partial charge in [0.05, 0.1) is 6.54 Å². The van der Waals surface area contributed by atoms with Crippen molar-refractivity contribution in [1.82, 2.24) is 15.5 Å². The molecule has 0 atom stereocenters. The van der Waals surface area contributed by atoms with Crippen LogP contribution in [0.25, 0.3) is 0 Å². The molecule has 1 N–H and O–H groups in total. The number of piperidine rings is 1. The second-order valence-electron chi connectivity index (χ2n) is 7.85. The van der Waals surface area contributed by atoms with Crippen LogP contribution in [0.3, 0.4) is 0 Å². The zero-order valence-electron chi connectivity index (χ0n) is 18.6. The lowest BCUT2D eigenvalue weighted by Crippen LogP contribution is -2.36. The summed E-state index contributed by atoms with van der Waals surface area (Å²) in [6.45, 7) is 7.58. The largest absolute Gasteiger partial charge is 0.372 e. The number of nitrogens with one attached hydrogen (secondary N) is 1. The Bertz CT molecular complexity index is 886. The standard InChI is InChI=1S/C22H32N6O2S/c1-4-27(18-10-7-9-17(2)15-18)13-8-12-23-19(29)16-26(3)21-24-25-22(31-21)28-14-6-5-11-20(28)30/h7,9-10,15H,4-6,8,11-14,16H2,1-3H3,(H,23,29). The molecule has 3 rings (SSSR count). The Kier molecular flexibility index (Phi) is 8.22. The van der Waals surface area contributed by atoms with Gasteiger partial charge in [0.2, 0.25) is 22.1 Å². The van der Waals surface area contributed by atoms with E-state index in [0.29, 0.717) is 29.8 Å². The highest BCUT2D eigenvalue weighted by Gasteiger charge is 2.24. The molecule has 2 aromatic rings. The summed E-state index contributed by atoms with van der Waals surface area (Å²) in [4.78, 5) is 30.2. The highest BCUT2D eigenvalue weighted by Crippen LogP contribution is 2.28. The average molecular weight is 445 g/mol. The van der Waals surface area contributed by atoms with Gasteiger partial charge in [-0.25, -0.2) is 0 Å². The SMILES string of the molecule is CCN(CCCNC(=O)CN(C)c1nnc(N2CCCCC2=O)s1)c1cccc(C)c1. The molecule has 0 unspecified atom stereocenters. The van der Waals surface area contributed by atoms with Crippen LogP contribution in [0.5, 0.6) is 0 Å². The van der Waals surface area contributed by atoms with E-state index in [1.54, 1.807) is 9.80 Å². The van der Waals surface area contributed by atoms with E-state index in [1.165, 1.54) is 22.6 Å². The maximum Gasteiger partial charge on any atom is 0.239 e. The summed E-state index contributed by atoms with van der Waals surface area (Å²) in [6, 6.07) is 8.48. The summed E-state index contributed by atoms with van der Waals surface area (Å²) in [5, 5.41) is 12.6. The number of nitrogens with zero attached hydrogens (tertiary/aromatic N) is 5. The maximum absolute atomic E-state index is 12.3. The number of carbonyl (C=O) groups excluding carboxylic acids is 2. The molecule has 31 heavy (non-hydrogen) atoms. The van der Waals surface area contributed by atoms with E-state index in [-0.39, 0.29) is 18.4 Å². The first-order chi connectivity index (χ1) is 15.0. The molecule has 0 saturated carbocycles. The van der Waals surface area contributed by atoms with Gasteiger partial charge in [0.1, 0.15) is 0 Å². The van der Waals surface area contributed by atoms with Gasteiger partial charge in [-0.1, -0.05) is 23.5 Å². The smallest absolute Gasteiger partial charge is 0.239 e. The molecule has 2 heterocycles. The molecule has 1 aromatic heterocycles. The fourth-order valence-corrected chi connectivity index (χ4v) is 4.46. The third-order valence-electron chi connectivity index (χ3n) is 5.34. The first-order valence-electron chi connectivity index (χ1n) is 10.9. The molecular weight excluding hydrogens is 412 g/mol. The van der Waals surface area contributed by atoms with Gasteiger partial charge in [-0.15, -0.1) is 10.2 Å². The molecule has 9 heteroatoms. The normalized spacial score (nSPS) is 13.9. The molecule has 2 amide bonds. The number of hydrogen-bond donors (Lipinski definition) is 1. The Morgan fingerprint density at radius 3 is 2.87 bits per heavy atom. The van der Waals surface area contributed by atoms with Gasteiger partial charge < -0.3 is 15.1 Å². The predicted octanol–water partition coefficient (Wildman–Crippen LogP) is 2.83. The molecule has 1 aromatic carbocycles. The summed E-state index contributed by atoms with van der Waals surface area (Å²) < 4.78 is 0. The highest BCUT2D eigenvalue weighted by atomic mass is 32.1. The van der Waals surface area contributed by atoms with Crippen LogP contribution in [-0.2, 0) is 9.59 Å². The molecule has 1 aliphatic rings. The minimum atomic E-state index is -0.0492. The number of anilines is 3. The fourth-order valence-electron chi connectivity index (χ4n) is 3.61. The van der Waals surface area contributed by atoms with Gasteiger partial charge in [-0.3, -0.25) is 14.5 Å². The molecule has 168 valence electrons. The Hall–Kier alpha value is -2.68. The van der Waals surface area contributed by atoms with Gasteiger partial charge in [0.25, 0.3) is 0 Å². The summed E-state index contributed by atoms with van der Waals surface area (Å²) in [5.41, 5.74) is 2.46. The van der Waals surface area contributed by atoms with Crippen LogP contribution in [0.2, 0.25) is 0 Å². The van der Waals surface area contributed by atoms with E-state index in [4.69, 9.17) is 0 Å². The second-order valence-corrected chi connectivity index (χ2v) is 8.78. The highest BCUT2D eigenvalue weighted by molar-refractivity contribution is 7.19.